The summed E-state index contributed by atoms with van der Waals surface area (Å²) in [5.74, 6) is 0.919. The van der Waals surface area contributed by atoms with Crippen LogP contribution >= 0.6 is 12.2 Å². The highest BCUT2D eigenvalue weighted by molar-refractivity contribution is 7.80. The first-order chi connectivity index (χ1) is 11.6. The normalized spacial score (nSPS) is 10.6. The molecule has 2 aromatic rings. The molecule has 0 heterocycles. The van der Waals surface area contributed by atoms with E-state index >= 15 is 0 Å². The Bertz CT molecular complexity index is 720. The number of halogens is 1. The Morgan fingerprint density at radius 3 is 2.62 bits per heavy atom. The van der Waals surface area contributed by atoms with Gasteiger partial charge in [0, 0.05) is 0 Å². The van der Waals surface area contributed by atoms with E-state index in [1.165, 1.54) is 12.1 Å². The topological polar surface area (TPSA) is 68.9 Å². The van der Waals surface area contributed by atoms with Crippen molar-refractivity contribution in [3.63, 3.8) is 0 Å². The Hall–Kier alpha value is -2.67. The average Bonchev–Trinajstić information content (AvgIpc) is 2.55. The number of hydrazone groups is 1. The van der Waals surface area contributed by atoms with Gasteiger partial charge >= 0.3 is 0 Å². The third-order valence-corrected chi connectivity index (χ3v) is 3.05. The summed E-state index contributed by atoms with van der Waals surface area (Å²) in [6, 6.07) is 11.6. The number of nitrogens with zero attached hydrogens (tertiary/aromatic N) is 1. The Morgan fingerprint density at radius 2 is 1.96 bits per heavy atom. The maximum atomic E-state index is 12.9. The number of ether oxygens (including phenoxy) is 2. The lowest BCUT2D eigenvalue weighted by molar-refractivity contribution is 0.269. The number of hydrogen-bond donors (Lipinski definition) is 2. The zero-order valence-electron chi connectivity index (χ0n) is 13.2. The lowest BCUT2D eigenvalue weighted by Gasteiger charge is -2.12. The summed E-state index contributed by atoms with van der Waals surface area (Å²) in [5.41, 5.74) is 9.46. The van der Waals surface area contributed by atoms with Gasteiger partial charge in [0.15, 0.2) is 16.6 Å². The highest BCUT2D eigenvalue weighted by Crippen LogP contribution is 2.28. The molecule has 0 unspecified atom stereocenters. The van der Waals surface area contributed by atoms with Crippen LogP contribution in [0.25, 0.3) is 0 Å². The van der Waals surface area contributed by atoms with Gasteiger partial charge in [0.2, 0.25) is 0 Å². The first-order valence-electron chi connectivity index (χ1n) is 7.31. The van der Waals surface area contributed by atoms with E-state index in [2.05, 4.69) is 22.7 Å². The van der Waals surface area contributed by atoms with Crippen LogP contribution in [0.15, 0.2) is 47.6 Å². The fourth-order valence-electron chi connectivity index (χ4n) is 1.90. The first-order valence-corrected chi connectivity index (χ1v) is 7.72. The molecule has 3 N–H and O–H groups in total. The van der Waals surface area contributed by atoms with E-state index in [1.807, 2.05) is 13.0 Å². The Morgan fingerprint density at radius 1 is 1.21 bits per heavy atom. The van der Waals surface area contributed by atoms with Gasteiger partial charge in [-0.2, -0.15) is 5.10 Å². The number of benzene rings is 2. The number of nitrogens with one attached hydrogen (secondary N) is 1. The molecule has 0 aliphatic heterocycles. The van der Waals surface area contributed by atoms with Crippen LogP contribution in [0.3, 0.4) is 0 Å². The standard InChI is InChI=1S/C17H18FN3O2S/c1-2-22-16-9-13(10-20-21-17(19)24)5-8-15(16)23-11-12-3-6-14(18)7-4-12/h3-10H,2,11H2,1H3,(H3,19,21,24)/b20-10+. The van der Waals surface area contributed by atoms with Crippen LogP contribution < -0.4 is 20.6 Å². The average molecular weight is 347 g/mol. The zero-order chi connectivity index (χ0) is 17.4. The second-order valence-electron chi connectivity index (χ2n) is 4.79. The highest BCUT2D eigenvalue weighted by atomic mass is 32.1. The molecule has 0 amide bonds. The first kappa shape index (κ1) is 17.7. The number of rotatable bonds is 7. The van der Waals surface area contributed by atoms with E-state index < -0.39 is 0 Å². The molecule has 0 radical (unpaired) electrons. The van der Waals surface area contributed by atoms with Crippen molar-refractivity contribution in [2.24, 2.45) is 10.8 Å². The zero-order valence-corrected chi connectivity index (χ0v) is 14.0. The van der Waals surface area contributed by atoms with Gasteiger partial charge in [0.05, 0.1) is 12.8 Å². The molecule has 0 aliphatic carbocycles. The van der Waals surface area contributed by atoms with Crippen LogP contribution in [0, 0.1) is 5.82 Å². The van der Waals surface area contributed by atoms with Gasteiger partial charge in [-0.15, -0.1) is 0 Å². The summed E-state index contributed by atoms with van der Waals surface area (Å²) in [6.07, 6.45) is 1.57. The second-order valence-corrected chi connectivity index (χ2v) is 5.23. The predicted molar refractivity (Wildman–Crippen MR) is 95.9 cm³/mol. The quantitative estimate of drug-likeness (QED) is 0.458. The van der Waals surface area contributed by atoms with Crippen molar-refractivity contribution >= 4 is 23.5 Å². The maximum Gasteiger partial charge on any atom is 0.184 e. The van der Waals surface area contributed by atoms with Crippen molar-refractivity contribution in [1.29, 1.82) is 0 Å². The maximum absolute atomic E-state index is 12.9. The molecular weight excluding hydrogens is 329 g/mol. The third-order valence-electron chi connectivity index (χ3n) is 2.96. The van der Waals surface area contributed by atoms with Crippen molar-refractivity contribution in [2.45, 2.75) is 13.5 Å². The van der Waals surface area contributed by atoms with Crippen LogP contribution in [-0.2, 0) is 6.61 Å². The van der Waals surface area contributed by atoms with Crippen LogP contribution in [0.1, 0.15) is 18.1 Å². The molecule has 5 nitrogen and oxygen atoms in total. The minimum atomic E-state index is -0.275. The molecule has 2 rings (SSSR count). The third kappa shape index (κ3) is 5.51. The Balaban J connectivity index is 2.09. The summed E-state index contributed by atoms with van der Waals surface area (Å²) in [5, 5.41) is 3.99. The van der Waals surface area contributed by atoms with Crippen molar-refractivity contribution in [1.82, 2.24) is 5.43 Å². The molecule has 0 saturated heterocycles. The van der Waals surface area contributed by atoms with E-state index in [0.29, 0.717) is 24.7 Å². The summed E-state index contributed by atoms with van der Waals surface area (Å²) in [7, 11) is 0. The molecule has 0 aliphatic rings. The van der Waals surface area contributed by atoms with E-state index in [9.17, 15) is 4.39 Å². The summed E-state index contributed by atoms with van der Waals surface area (Å²) < 4.78 is 24.3. The van der Waals surface area contributed by atoms with Gasteiger partial charge in [-0.05, 0) is 60.6 Å². The van der Waals surface area contributed by atoms with Crippen molar-refractivity contribution in [2.75, 3.05) is 6.61 Å². The Kier molecular flexibility index (Phi) is 6.51. The lowest BCUT2D eigenvalue weighted by Crippen LogP contribution is -2.23. The van der Waals surface area contributed by atoms with Crippen LogP contribution in [0.2, 0.25) is 0 Å². The summed E-state index contributed by atoms with van der Waals surface area (Å²) in [6.45, 7) is 2.70. The highest BCUT2D eigenvalue weighted by Gasteiger charge is 2.06. The molecule has 126 valence electrons. The summed E-state index contributed by atoms with van der Waals surface area (Å²) in [4.78, 5) is 0. The largest absolute Gasteiger partial charge is 0.490 e. The van der Waals surface area contributed by atoms with E-state index in [0.717, 1.165) is 11.1 Å². The minimum Gasteiger partial charge on any atom is -0.490 e. The van der Waals surface area contributed by atoms with Crippen LogP contribution in [0.5, 0.6) is 11.5 Å². The smallest absolute Gasteiger partial charge is 0.184 e. The molecule has 0 aromatic heterocycles. The molecule has 0 saturated carbocycles. The number of hydrogen-bond acceptors (Lipinski definition) is 4. The van der Waals surface area contributed by atoms with Crippen LogP contribution in [-0.4, -0.2) is 17.9 Å². The SMILES string of the molecule is CCOc1cc(/C=N/NC(N)=S)ccc1OCc1ccc(F)cc1. The molecule has 7 heteroatoms. The lowest BCUT2D eigenvalue weighted by atomic mass is 10.2. The van der Waals surface area contributed by atoms with Gasteiger partial charge in [-0.25, -0.2) is 4.39 Å². The molecule has 0 atom stereocenters. The fraction of sp³-hybridized carbons (Fsp3) is 0.176. The fourth-order valence-corrected chi connectivity index (χ4v) is 1.96. The number of thiocarbonyl (C=S) groups is 1. The molecule has 0 spiro atoms. The molecular formula is C17H18FN3O2S. The second kappa shape index (κ2) is 8.83. The van der Waals surface area contributed by atoms with Gasteiger partial charge in [-0.1, -0.05) is 12.1 Å². The molecule has 24 heavy (non-hydrogen) atoms. The van der Waals surface area contributed by atoms with Crippen molar-refractivity contribution < 1.29 is 13.9 Å². The molecule has 0 fully saturated rings. The minimum absolute atomic E-state index is 0.0931. The Labute approximate surface area is 145 Å². The van der Waals surface area contributed by atoms with Crippen molar-refractivity contribution in [3.05, 3.63) is 59.4 Å². The van der Waals surface area contributed by atoms with Crippen molar-refractivity contribution in [3.8, 4) is 11.5 Å². The molecule has 2 aromatic carbocycles. The van der Waals surface area contributed by atoms with Crippen LogP contribution in [0.4, 0.5) is 4.39 Å². The summed E-state index contributed by atoms with van der Waals surface area (Å²) >= 11 is 4.67. The van der Waals surface area contributed by atoms with Gasteiger partial charge < -0.3 is 15.2 Å². The molecule has 0 bridgehead atoms. The number of nitrogens with two attached hydrogens (primary N) is 1. The van der Waals surface area contributed by atoms with E-state index in [4.69, 9.17) is 15.2 Å². The monoisotopic (exact) mass is 347 g/mol. The van der Waals surface area contributed by atoms with Gasteiger partial charge in [0.1, 0.15) is 12.4 Å². The van der Waals surface area contributed by atoms with Gasteiger partial charge in [0.25, 0.3) is 0 Å². The van der Waals surface area contributed by atoms with Gasteiger partial charge in [-0.3, -0.25) is 5.43 Å². The van der Waals surface area contributed by atoms with E-state index in [-0.39, 0.29) is 10.9 Å². The predicted octanol–water partition coefficient (Wildman–Crippen LogP) is 2.97. The van der Waals surface area contributed by atoms with E-state index in [1.54, 1.807) is 30.5 Å².